The van der Waals surface area contributed by atoms with Gasteiger partial charge < -0.3 is 15.0 Å². The predicted molar refractivity (Wildman–Crippen MR) is 97.3 cm³/mol. The standard InChI is InChI=1S/C19H31N3O2/c1-4-5-6-19(23)20-15-18(22-13-11-21(2)12-14-22)16-7-9-17(24-3)10-8-16/h7-10,18H,4-6,11-15H2,1-3H3,(H,20,23). The van der Waals surface area contributed by atoms with Crippen molar-refractivity contribution in [1.29, 1.82) is 0 Å². The van der Waals surface area contributed by atoms with Crippen LogP contribution in [0.2, 0.25) is 0 Å². The Morgan fingerprint density at radius 3 is 2.46 bits per heavy atom. The minimum atomic E-state index is 0.157. The highest BCUT2D eigenvalue weighted by Crippen LogP contribution is 2.24. The average Bonchev–Trinajstić information content (AvgIpc) is 2.62. The van der Waals surface area contributed by atoms with Crippen LogP contribution in [0.4, 0.5) is 0 Å². The monoisotopic (exact) mass is 333 g/mol. The van der Waals surface area contributed by atoms with Crippen LogP contribution in [0, 0.1) is 0 Å². The van der Waals surface area contributed by atoms with Gasteiger partial charge in [-0.25, -0.2) is 0 Å². The summed E-state index contributed by atoms with van der Waals surface area (Å²) in [5.74, 6) is 1.02. The van der Waals surface area contributed by atoms with Gasteiger partial charge in [0.05, 0.1) is 13.2 Å². The second-order valence-corrected chi connectivity index (χ2v) is 6.54. The summed E-state index contributed by atoms with van der Waals surface area (Å²) in [6, 6.07) is 8.43. The topological polar surface area (TPSA) is 44.8 Å². The lowest BCUT2D eigenvalue weighted by Crippen LogP contribution is -2.48. The van der Waals surface area contributed by atoms with Crippen LogP contribution in [0.25, 0.3) is 0 Å². The Hall–Kier alpha value is -1.59. The van der Waals surface area contributed by atoms with Crippen molar-refractivity contribution < 1.29 is 9.53 Å². The maximum Gasteiger partial charge on any atom is 0.220 e. The number of hydrogen-bond acceptors (Lipinski definition) is 4. The molecular weight excluding hydrogens is 302 g/mol. The lowest BCUT2D eigenvalue weighted by molar-refractivity contribution is -0.121. The molecule has 0 spiro atoms. The normalized spacial score (nSPS) is 17.5. The molecule has 0 aromatic heterocycles. The number of nitrogens with one attached hydrogen (secondary N) is 1. The van der Waals surface area contributed by atoms with Gasteiger partial charge in [0.25, 0.3) is 0 Å². The highest BCUT2D eigenvalue weighted by atomic mass is 16.5. The van der Waals surface area contributed by atoms with Crippen molar-refractivity contribution in [1.82, 2.24) is 15.1 Å². The molecule has 1 aliphatic rings. The molecular formula is C19H31N3O2. The Labute approximate surface area is 146 Å². The molecule has 0 radical (unpaired) electrons. The van der Waals surface area contributed by atoms with Gasteiger partial charge in [-0.05, 0) is 31.2 Å². The number of likely N-dealkylation sites (N-methyl/N-ethyl adjacent to an activating group) is 1. The molecule has 134 valence electrons. The van der Waals surface area contributed by atoms with E-state index in [-0.39, 0.29) is 11.9 Å². The van der Waals surface area contributed by atoms with E-state index >= 15 is 0 Å². The zero-order chi connectivity index (χ0) is 17.4. The van der Waals surface area contributed by atoms with Crippen LogP contribution in [0.5, 0.6) is 5.75 Å². The fraction of sp³-hybridized carbons (Fsp3) is 0.632. The summed E-state index contributed by atoms with van der Waals surface area (Å²) in [6.45, 7) is 6.96. The summed E-state index contributed by atoms with van der Waals surface area (Å²) in [6.07, 6.45) is 2.62. The molecule has 1 fully saturated rings. The molecule has 5 heteroatoms. The fourth-order valence-corrected chi connectivity index (χ4v) is 3.05. The third kappa shape index (κ3) is 5.49. The van der Waals surface area contributed by atoms with E-state index in [0.717, 1.165) is 44.8 Å². The highest BCUT2D eigenvalue weighted by molar-refractivity contribution is 5.75. The van der Waals surface area contributed by atoms with E-state index < -0.39 is 0 Å². The molecule has 1 atom stereocenters. The van der Waals surface area contributed by atoms with Crippen LogP contribution in [-0.4, -0.2) is 62.6 Å². The first-order chi connectivity index (χ1) is 11.6. The zero-order valence-electron chi connectivity index (χ0n) is 15.3. The molecule has 1 unspecified atom stereocenters. The highest BCUT2D eigenvalue weighted by Gasteiger charge is 2.24. The van der Waals surface area contributed by atoms with Crippen molar-refractivity contribution in [3.8, 4) is 5.75 Å². The van der Waals surface area contributed by atoms with E-state index in [2.05, 4.69) is 41.2 Å². The number of carbonyl (C=O) groups excluding carboxylic acids is 1. The number of rotatable bonds is 8. The van der Waals surface area contributed by atoms with Crippen LogP contribution in [0.15, 0.2) is 24.3 Å². The molecule has 0 bridgehead atoms. The van der Waals surface area contributed by atoms with E-state index in [9.17, 15) is 4.79 Å². The second kappa shape index (κ2) is 9.64. The number of amides is 1. The smallest absolute Gasteiger partial charge is 0.220 e. The van der Waals surface area contributed by atoms with Gasteiger partial charge in [-0.15, -0.1) is 0 Å². The van der Waals surface area contributed by atoms with Crippen LogP contribution in [0.3, 0.4) is 0 Å². The Bertz CT molecular complexity index is 496. The Morgan fingerprint density at radius 2 is 1.88 bits per heavy atom. The molecule has 1 aromatic rings. The predicted octanol–water partition coefficient (Wildman–Crippen LogP) is 2.29. The summed E-state index contributed by atoms with van der Waals surface area (Å²) >= 11 is 0. The number of ether oxygens (including phenoxy) is 1. The van der Waals surface area contributed by atoms with Crippen molar-refractivity contribution in [3.05, 3.63) is 29.8 Å². The molecule has 1 aliphatic heterocycles. The van der Waals surface area contributed by atoms with Crippen molar-refractivity contribution in [2.75, 3.05) is 46.9 Å². The van der Waals surface area contributed by atoms with E-state index in [0.29, 0.717) is 13.0 Å². The number of piperazine rings is 1. The number of nitrogens with zero attached hydrogens (tertiary/aromatic N) is 2. The molecule has 1 heterocycles. The molecule has 24 heavy (non-hydrogen) atoms. The Morgan fingerprint density at radius 1 is 1.21 bits per heavy atom. The van der Waals surface area contributed by atoms with Gasteiger partial charge in [0.15, 0.2) is 0 Å². The SMILES string of the molecule is CCCCC(=O)NCC(c1ccc(OC)cc1)N1CCN(C)CC1. The Kier molecular flexibility index (Phi) is 7.53. The quantitative estimate of drug-likeness (QED) is 0.793. The van der Waals surface area contributed by atoms with Crippen LogP contribution < -0.4 is 10.1 Å². The molecule has 1 amide bonds. The van der Waals surface area contributed by atoms with Crippen molar-refractivity contribution in [2.24, 2.45) is 0 Å². The van der Waals surface area contributed by atoms with Crippen LogP contribution >= 0.6 is 0 Å². The van der Waals surface area contributed by atoms with E-state index in [1.54, 1.807) is 7.11 Å². The molecule has 5 nitrogen and oxygen atoms in total. The minimum absolute atomic E-state index is 0.157. The summed E-state index contributed by atoms with van der Waals surface area (Å²) in [5, 5.41) is 3.13. The third-order valence-corrected chi connectivity index (χ3v) is 4.73. The number of carbonyl (C=O) groups is 1. The van der Waals surface area contributed by atoms with E-state index in [1.165, 1.54) is 5.56 Å². The largest absolute Gasteiger partial charge is 0.497 e. The fourth-order valence-electron chi connectivity index (χ4n) is 3.05. The molecule has 0 aliphatic carbocycles. The van der Waals surface area contributed by atoms with Gasteiger partial charge in [-0.3, -0.25) is 9.69 Å². The maximum atomic E-state index is 12.0. The van der Waals surface area contributed by atoms with Crippen molar-refractivity contribution in [3.63, 3.8) is 0 Å². The first-order valence-corrected chi connectivity index (χ1v) is 8.97. The van der Waals surface area contributed by atoms with Crippen LogP contribution in [-0.2, 0) is 4.79 Å². The third-order valence-electron chi connectivity index (χ3n) is 4.73. The van der Waals surface area contributed by atoms with Gasteiger partial charge >= 0.3 is 0 Å². The number of methoxy groups -OCH3 is 1. The zero-order valence-corrected chi connectivity index (χ0v) is 15.3. The van der Waals surface area contributed by atoms with Gasteiger partial charge in [-0.1, -0.05) is 25.5 Å². The lowest BCUT2D eigenvalue weighted by atomic mass is 10.0. The Balaban J connectivity index is 2.04. The summed E-state index contributed by atoms with van der Waals surface area (Å²) < 4.78 is 5.26. The number of unbranched alkanes of at least 4 members (excludes halogenated alkanes) is 1. The van der Waals surface area contributed by atoms with Gasteiger partial charge in [0, 0.05) is 39.1 Å². The van der Waals surface area contributed by atoms with E-state index in [1.807, 2.05) is 12.1 Å². The van der Waals surface area contributed by atoms with Gasteiger partial charge in [0.1, 0.15) is 5.75 Å². The molecule has 1 N–H and O–H groups in total. The van der Waals surface area contributed by atoms with Crippen LogP contribution in [0.1, 0.15) is 37.8 Å². The summed E-state index contributed by atoms with van der Waals surface area (Å²) in [4.78, 5) is 16.8. The van der Waals surface area contributed by atoms with Crippen molar-refractivity contribution in [2.45, 2.75) is 32.2 Å². The van der Waals surface area contributed by atoms with Gasteiger partial charge in [-0.2, -0.15) is 0 Å². The summed E-state index contributed by atoms with van der Waals surface area (Å²) in [7, 11) is 3.84. The average molecular weight is 333 g/mol. The second-order valence-electron chi connectivity index (χ2n) is 6.54. The molecule has 0 saturated carbocycles. The number of benzene rings is 1. The molecule has 1 aromatic carbocycles. The summed E-state index contributed by atoms with van der Waals surface area (Å²) in [5.41, 5.74) is 1.23. The minimum Gasteiger partial charge on any atom is -0.497 e. The first-order valence-electron chi connectivity index (χ1n) is 8.97. The van der Waals surface area contributed by atoms with E-state index in [4.69, 9.17) is 4.74 Å². The molecule has 2 rings (SSSR count). The first kappa shape index (κ1) is 18.7. The lowest BCUT2D eigenvalue weighted by Gasteiger charge is -2.38. The van der Waals surface area contributed by atoms with Crippen molar-refractivity contribution >= 4 is 5.91 Å². The van der Waals surface area contributed by atoms with Gasteiger partial charge in [0.2, 0.25) is 5.91 Å². The molecule has 1 saturated heterocycles. The maximum absolute atomic E-state index is 12.0. The number of hydrogen-bond donors (Lipinski definition) is 1.